The van der Waals surface area contributed by atoms with Gasteiger partial charge >= 0.3 is 0 Å². The molecule has 5 heteroatoms. The van der Waals surface area contributed by atoms with Crippen molar-refractivity contribution >= 4 is 5.91 Å². The number of nitrogens with one attached hydrogen (secondary N) is 1. The van der Waals surface area contributed by atoms with Gasteiger partial charge < -0.3 is 19.2 Å². The molecule has 0 saturated carbocycles. The molecule has 0 aliphatic carbocycles. The molecule has 0 atom stereocenters. The quantitative estimate of drug-likeness (QED) is 0.932. The van der Waals surface area contributed by atoms with Gasteiger partial charge in [0.2, 0.25) is 0 Å². The molecule has 0 unspecified atom stereocenters. The Morgan fingerprint density at radius 2 is 2.00 bits per heavy atom. The first kappa shape index (κ1) is 12.6. The monoisotopic (exact) mass is 273 g/mol. The van der Waals surface area contributed by atoms with Crippen LogP contribution in [0.15, 0.2) is 41.0 Å². The van der Waals surface area contributed by atoms with Gasteiger partial charge in [-0.25, -0.2) is 0 Å². The average Bonchev–Trinajstić information content (AvgIpc) is 2.90. The lowest BCUT2D eigenvalue weighted by Crippen LogP contribution is -2.22. The summed E-state index contributed by atoms with van der Waals surface area (Å²) in [6.07, 6.45) is 2.35. The number of amides is 1. The molecule has 1 N–H and O–H groups in total. The zero-order chi connectivity index (χ0) is 13.8. The predicted octanol–water partition coefficient (Wildman–Crippen LogP) is 2.37. The molecule has 1 amide bonds. The van der Waals surface area contributed by atoms with Crippen molar-refractivity contribution < 1.29 is 18.7 Å². The van der Waals surface area contributed by atoms with Crippen LogP contribution in [0.3, 0.4) is 0 Å². The van der Waals surface area contributed by atoms with Gasteiger partial charge in [-0.15, -0.1) is 0 Å². The molecule has 104 valence electrons. The highest BCUT2D eigenvalue weighted by atomic mass is 16.5. The molecular formula is C15H15NO4. The van der Waals surface area contributed by atoms with Gasteiger partial charge in [-0.05, 0) is 29.8 Å². The highest BCUT2D eigenvalue weighted by Crippen LogP contribution is 2.30. The van der Waals surface area contributed by atoms with Crippen molar-refractivity contribution in [2.45, 2.75) is 13.0 Å². The summed E-state index contributed by atoms with van der Waals surface area (Å²) in [6, 6.07) is 8.99. The minimum absolute atomic E-state index is 0.234. The molecule has 5 nitrogen and oxygen atoms in total. The lowest BCUT2D eigenvalue weighted by atomic mass is 10.2. The maximum absolute atomic E-state index is 11.8. The average molecular weight is 273 g/mol. The van der Waals surface area contributed by atoms with E-state index < -0.39 is 0 Å². The van der Waals surface area contributed by atoms with E-state index in [0.717, 1.165) is 23.5 Å². The first-order valence-electron chi connectivity index (χ1n) is 6.53. The Hall–Kier alpha value is -2.43. The summed E-state index contributed by atoms with van der Waals surface area (Å²) in [5.41, 5.74) is 0.953. The van der Waals surface area contributed by atoms with Gasteiger partial charge in [0.05, 0.1) is 19.5 Å². The van der Waals surface area contributed by atoms with Crippen molar-refractivity contribution in [3.05, 3.63) is 47.9 Å². The van der Waals surface area contributed by atoms with Gasteiger partial charge in [0.15, 0.2) is 17.3 Å². The summed E-state index contributed by atoms with van der Waals surface area (Å²) in [6.45, 7) is 1.73. The zero-order valence-corrected chi connectivity index (χ0v) is 10.9. The molecule has 1 aromatic carbocycles. The lowest BCUT2D eigenvalue weighted by Gasteiger charge is -2.09. The largest absolute Gasteiger partial charge is 0.490 e. The van der Waals surface area contributed by atoms with Crippen LogP contribution in [0, 0.1) is 0 Å². The number of furan rings is 1. The molecule has 2 heterocycles. The number of carbonyl (C=O) groups excluding carboxylic acids is 1. The van der Waals surface area contributed by atoms with E-state index in [0.29, 0.717) is 25.5 Å². The van der Waals surface area contributed by atoms with Crippen LogP contribution in [0.4, 0.5) is 0 Å². The number of hydrogen-bond acceptors (Lipinski definition) is 4. The number of fused-ring (bicyclic) bond motifs is 1. The Bertz CT molecular complexity index is 592. The topological polar surface area (TPSA) is 60.7 Å². The van der Waals surface area contributed by atoms with E-state index in [1.807, 2.05) is 18.2 Å². The van der Waals surface area contributed by atoms with E-state index in [-0.39, 0.29) is 5.91 Å². The third kappa shape index (κ3) is 2.77. The molecule has 2 aromatic rings. The highest BCUT2D eigenvalue weighted by molar-refractivity contribution is 5.91. The van der Waals surface area contributed by atoms with Crippen molar-refractivity contribution in [2.75, 3.05) is 13.2 Å². The van der Waals surface area contributed by atoms with Gasteiger partial charge in [0.25, 0.3) is 5.91 Å². The van der Waals surface area contributed by atoms with Crippen molar-refractivity contribution in [1.82, 2.24) is 5.32 Å². The first-order valence-corrected chi connectivity index (χ1v) is 6.53. The summed E-state index contributed by atoms with van der Waals surface area (Å²) < 4.78 is 16.2. The normalized spacial score (nSPS) is 13.6. The predicted molar refractivity (Wildman–Crippen MR) is 71.9 cm³/mol. The fourth-order valence-electron chi connectivity index (χ4n) is 1.99. The highest BCUT2D eigenvalue weighted by Gasteiger charge is 2.12. The standard InChI is InChI=1S/C15H15NO4/c17-15(13-3-1-6-19-13)16-10-11-4-5-12-14(9-11)20-8-2-7-18-12/h1,3-6,9H,2,7-8,10H2,(H,16,17). The lowest BCUT2D eigenvalue weighted by molar-refractivity contribution is 0.0923. The third-order valence-corrected chi connectivity index (χ3v) is 3.01. The van der Waals surface area contributed by atoms with Crippen molar-refractivity contribution in [3.8, 4) is 11.5 Å². The van der Waals surface area contributed by atoms with Crippen molar-refractivity contribution in [1.29, 1.82) is 0 Å². The Balaban J connectivity index is 1.66. The van der Waals surface area contributed by atoms with Crippen LogP contribution >= 0.6 is 0 Å². The zero-order valence-electron chi connectivity index (χ0n) is 10.9. The number of rotatable bonds is 3. The fourth-order valence-corrected chi connectivity index (χ4v) is 1.99. The van der Waals surface area contributed by atoms with E-state index in [4.69, 9.17) is 13.9 Å². The molecule has 1 aliphatic rings. The Labute approximate surface area is 116 Å². The number of hydrogen-bond donors (Lipinski definition) is 1. The van der Waals surface area contributed by atoms with E-state index in [9.17, 15) is 4.79 Å². The van der Waals surface area contributed by atoms with Crippen LogP contribution in [0.1, 0.15) is 22.5 Å². The van der Waals surface area contributed by atoms with Crippen LogP contribution in [0.5, 0.6) is 11.5 Å². The van der Waals surface area contributed by atoms with E-state index in [1.54, 1.807) is 12.1 Å². The van der Waals surface area contributed by atoms with Crippen LogP contribution in [0.25, 0.3) is 0 Å². The molecule has 20 heavy (non-hydrogen) atoms. The van der Waals surface area contributed by atoms with Crippen molar-refractivity contribution in [3.63, 3.8) is 0 Å². The Morgan fingerprint density at radius 3 is 2.80 bits per heavy atom. The summed E-state index contributed by atoms with van der Waals surface area (Å²) in [4.78, 5) is 11.8. The fraction of sp³-hybridized carbons (Fsp3) is 0.267. The van der Waals surface area contributed by atoms with Gasteiger partial charge in [-0.2, -0.15) is 0 Å². The van der Waals surface area contributed by atoms with Crippen LogP contribution < -0.4 is 14.8 Å². The minimum atomic E-state index is -0.234. The summed E-state index contributed by atoms with van der Waals surface area (Å²) in [7, 11) is 0. The van der Waals surface area contributed by atoms with Crippen LogP contribution in [0.2, 0.25) is 0 Å². The molecule has 0 spiro atoms. The van der Waals surface area contributed by atoms with Gasteiger partial charge in [0, 0.05) is 13.0 Å². The van der Waals surface area contributed by atoms with Gasteiger partial charge in [0.1, 0.15) is 0 Å². The second-order valence-corrected chi connectivity index (χ2v) is 4.49. The van der Waals surface area contributed by atoms with Gasteiger partial charge in [-0.1, -0.05) is 6.07 Å². The summed E-state index contributed by atoms with van der Waals surface area (Å²) in [5, 5.41) is 2.79. The molecule has 0 saturated heterocycles. The Morgan fingerprint density at radius 1 is 1.15 bits per heavy atom. The van der Waals surface area contributed by atoms with Gasteiger partial charge in [-0.3, -0.25) is 4.79 Å². The maximum Gasteiger partial charge on any atom is 0.287 e. The van der Waals surface area contributed by atoms with E-state index in [1.165, 1.54) is 6.26 Å². The number of benzene rings is 1. The molecular weight excluding hydrogens is 258 g/mol. The molecule has 1 aliphatic heterocycles. The van der Waals surface area contributed by atoms with Crippen molar-refractivity contribution in [2.24, 2.45) is 0 Å². The number of ether oxygens (including phenoxy) is 2. The van der Waals surface area contributed by atoms with Crippen LogP contribution in [-0.4, -0.2) is 19.1 Å². The first-order chi connectivity index (χ1) is 9.83. The second kappa shape index (κ2) is 5.69. The third-order valence-electron chi connectivity index (χ3n) is 3.01. The Kier molecular flexibility index (Phi) is 3.58. The smallest absolute Gasteiger partial charge is 0.287 e. The summed E-state index contributed by atoms with van der Waals surface area (Å²) >= 11 is 0. The van der Waals surface area contributed by atoms with E-state index in [2.05, 4.69) is 5.32 Å². The molecule has 0 bridgehead atoms. The minimum Gasteiger partial charge on any atom is -0.490 e. The maximum atomic E-state index is 11.8. The number of carbonyl (C=O) groups is 1. The molecule has 3 rings (SSSR count). The molecule has 0 fully saturated rings. The molecule has 1 aromatic heterocycles. The SMILES string of the molecule is O=C(NCc1ccc2c(c1)OCCCO2)c1ccco1. The summed E-state index contributed by atoms with van der Waals surface area (Å²) in [5.74, 6) is 1.55. The van der Waals surface area contributed by atoms with Crippen LogP contribution in [-0.2, 0) is 6.54 Å². The van der Waals surface area contributed by atoms with E-state index >= 15 is 0 Å². The molecule has 0 radical (unpaired) electrons. The second-order valence-electron chi connectivity index (χ2n) is 4.49.